The van der Waals surface area contributed by atoms with E-state index in [4.69, 9.17) is 9.47 Å². The Bertz CT molecular complexity index is 1010. The maximum Gasteiger partial charge on any atom is 0.408 e. The van der Waals surface area contributed by atoms with E-state index < -0.39 is 29.6 Å². The molecule has 0 saturated heterocycles. The van der Waals surface area contributed by atoms with Crippen LogP contribution in [0.4, 0.5) is 4.79 Å². The molecule has 1 aliphatic carbocycles. The van der Waals surface area contributed by atoms with Crippen LogP contribution < -0.4 is 10.6 Å². The fourth-order valence-corrected chi connectivity index (χ4v) is 4.60. The topological polar surface area (TPSA) is 114 Å². The number of benzene rings is 2. The van der Waals surface area contributed by atoms with Crippen molar-refractivity contribution in [1.82, 2.24) is 10.6 Å². The normalized spacial score (nSPS) is 14.8. The SMILES string of the molecule is CCCC(C)(NC(=O)OCC1c2ccccc2-c2ccccc21)C(=O)NC(CCCOC)C(=O)O. The molecule has 2 unspecified atom stereocenters. The number of hydrogen-bond acceptors (Lipinski definition) is 5. The van der Waals surface area contributed by atoms with Crippen LogP contribution in [0.25, 0.3) is 11.1 Å². The van der Waals surface area contributed by atoms with Gasteiger partial charge in [-0.15, -0.1) is 0 Å². The molecule has 3 N–H and O–H groups in total. The van der Waals surface area contributed by atoms with Crippen molar-refractivity contribution in [2.45, 2.75) is 57.0 Å². The zero-order chi connectivity index (χ0) is 25.4. The molecule has 2 aromatic carbocycles. The minimum atomic E-state index is -1.31. The third-order valence-corrected chi connectivity index (χ3v) is 6.42. The molecule has 2 aromatic rings. The first kappa shape index (κ1) is 26.2. The summed E-state index contributed by atoms with van der Waals surface area (Å²) in [6, 6.07) is 15.0. The van der Waals surface area contributed by atoms with E-state index in [0.717, 1.165) is 22.3 Å². The van der Waals surface area contributed by atoms with Crippen molar-refractivity contribution in [3.63, 3.8) is 0 Å². The monoisotopic (exact) mass is 482 g/mol. The van der Waals surface area contributed by atoms with E-state index in [9.17, 15) is 19.5 Å². The second kappa shape index (κ2) is 11.8. The fourth-order valence-electron chi connectivity index (χ4n) is 4.60. The minimum Gasteiger partial charge on any atom is -0.480 e. The van der Waals surface area contributed by atoms with E-state index in [1.165, 1.54) is 7.11 Å². The predicted molar refractivity (Wildman–Crippen MR) is 132 cm³/mol. The average molecular weight is 483 g/mol. The van der Waals surface area contributed by atoms with E-state index in [1.807, 2.05) is 43.3 Å². The average Bonchev–Trinajstić information content (AvgIpc) is 3.16. The highest BCUT2D eigenvalue weighted by Gasteiger charge is 2.37. The Labute approximate surface area is 206 Å². The van der Waals surface area contributed by atoms with Gasteiger partial charge in [0.2, 0.25) is 5.91 Å². The summed E-state index contributed by atoms with van der Waals surface area (Å²) in [7, 11) is 1.53. The lowest BCUT2D eigenvalue weighted by Crippen LogP contribution is -2.59. The van der Waals surface area contributed by atoms with Crippen molar-refractivity contribution >= 4 is 18.0 Å². The lowest BCUT2D eigenvalue weighted by atomic mass is 9.94. The Morgan fingerprint density at radius 3 is 2.20 bits per heavy atom. The van der Waals surface area contributed by atoms with Crippen LogP contribution in [0.1, 0.15) is 56.6 Å². The number of rotatable bonds is 12. The van der Waals surface area contributed by atoms with Gasteiger partial charge in [0.1, 0.15) is 18.2 Å². The number of nitrogens with one attached hydrogen (secondary N) is 2. The van der Waals surface area contributed by atoms with Gasteiger partial charge < -0.3 is 25.2 Å². The molecule has 0 bridgehead atoms. The summed E-state index contributed by atoms with van der Waals surface area (Å²) < 4.78 is 10.6. The van der Waals surface area contributed by atoms with Crippen LogP contribution in [0.15, 0.2) is 48.5 Å². The van der Waals surface area contributed by atoms with Gasteiger partial charge in [-0.3, -0.25) is 4.79 Å². The molecule has 2 amide bonds. The number of carboxylic acids is 1. The number of amides is 2. The van der Waals surface area contributed by atoms with Gasteiger partial charge in [0.25, 0.3) is 0 Å². The van der Waals surface area contributed by atoms with E-state index in [0.29, 0.717) is 25.9 Å². The summed E-state index contributed by atoms with van der Waals surface area (Å²) in [4.78, 5) is 37.5. The highest BCUT2D eigenvalue weighted by Crippen LogP contribution is 2.44. The quantitative estimate of drug-likeness (QED) is 0.393. The van der Waals surface area contributed by atoms with Crippen molar-refractivity contribution in [2.24, 2.45) is 0 Å². The molecule has 0 aromatic heterocycles. The molecule has 0 aliphatic heterocycles. The largest absolute Gasteiger partial charge is 0.480 e. The van der Waals surface area contributed by atoms with Crippen molar-refractivity contribution in [2.75, 3.05) is 20.3 Å². The first-order valence-electron chi connectivity index (χ1n) is 12.0. The highest BCUT2D eigenvalue weighted by atomic mass is 16.5. The number of carboxylic acid groups (broad SMARTS) is 1. The molecular weight excluding hydrogens is 448 g/mol. The fraction of sp³-hybridized carbons (Fsp3) is 0.444. The standard InChI is InChI=1S/C27H34N2O6/c1-4-15-27(2,25(32)28-23(24(30)31)14-9-16-34-3)29-26(33)35-17-22-20-12-7-5-10-18(20)19-11-6-8-13-21(19)22/h5-8,10-13,22-23H,4,9,14-17H2,1-3H3,(H,28,32)(H,29,33)(H,30,31). The predicted octanol–water partition coefficient (Wildman–Crippen LogP) is 4.08. The van der Waals surface area contributed by atoms with E-state index in [1.54, 1.807) is 6.92 Å². The molecule has 8 nitrogen and oxygen atoms in total. The van der Waals surface area contributed by atoms with Crippen LogP contribution in [0, 0.1) is 0 Å². The molecule has 188 valence electrons. The lowest BCUT2D eigenvalue weighted by molar-refractivity contribution is -0.143. The third kappa shape index (κ3) is 6.19. The molecule has 2 atom stereocenters. The molecule has 35 heavy (non-hydrogen) atoms. The molecule has 0 radical (unpaired) electrons. The number of alkyl carbamates (subject to hydrolysis) is 1. The molecular formula is C27H34N2O6. The number of aliphatic carboxylic acids is 1. The second-order valence-electron chi connectivity index (χ2n) is 9.03. The summed E-state index contributed by atoms with van der Waals surface area (Å²) >= 11 is 0. The van der Waals surface area contributed by atoms with Crippen LogP contribution >= 0.6 is 0 Å². The number of carbonyl (C=O) groups is 3. The van der Waals surface area contributed by atoms with Gasteiger partial charge in [0, 0.05) is 19.6 Å². The van der Waals surface area contributed by atoms with Crippen LogP contribution in [0.5, 0.6) is 0 Å². The number of ether oxygens (including phenoxy) is 2. The Morgan fingerprint density at radius 1 is 1.06 bits per heavy atom. The maximum absolute atomic E-state index is 13.0. The van der Waals surface area contributed by atoms with Gasteiger partial charge >= 0.3 is 12.1 Å². The number of methoxy groups -OCH3 is 1. The van der Waals surface area contributed by atoms with E-state index in [-0.39, 0.29) is 18.9 Å². The van der Waals surface area contributed by atoms with Crippen molar-refractivity contribution in [3.05, 3.63) is 59.7 Å². The molecule has 8 heteroatoms. The van der Waals surface area contributed by atoms with Gasteiger partial charge in [0.15, 0.2) is 0 Å². The molecule has 0 heterocycles. The van der Waals surface area contributed by atoms with Gasteiger partial charge in [-0.2, -0.15) is 0 Å². The highest BCUT2D eigenvalue weighted by molar-refractivity contribution is 5.92. The zero-order valence-corrected chi connectivity index (χ0v) is 20.5. The molecule has 1 aliphatic rings. The smallest absolute Gasteiger partial charge is 0.408 e. The first-order valence-corrected chi connectivity index (χ1v) is 12.0. The van der Waals surface area contributed by atoms with Crippen molar-refractivity contribution in [3.8, 4) is 11.1 Å². The molecule has 0 saturated carbocycles. The lowest BCUT2D eigenvalue weighted by Gasteiger charge is -2.30. The Morgan fingerprint density at radius 2 is 1.66 bits per heavy atom. The summed E-state index contributed by atoms with van der Waals surface area (Å²) in [5.74, 6) is -1.79. The third-order valence-electron chi connectivity index (χ3n) is 6.42. The molecule has 0 fully saturated rings. The van der Waals surface area contributed by atoms with E-state index >= 15 is 0 Å². The van der Waals surface area contributed by atoms with Crippen molar-refractivity contribution < 1.29 is 29.0 Å². The van der Waals surface area contributed by atoms with Gasteiger partial charge in [-0.25, -0.2) is 9.59 Å². The van der Waals surface area contributed by atoms with Crippen molar-refractivity contribution in [1.29, 1.82) is 0 Å². The first-order chi connectivity index (χ1) is 16.8. The number of hydrogen-bond donors (Lipinski definition) is 3. The Hall–Kier alpha value is -3.39. The summed E-state index contributed by atoms with van der Waals surface area (Å²) in [5, 5.41) is 14.7. The molecule has 3 rings (SSSR count). The second-order valence-corrected chi connectivity index (χ2v) is 9.03. The maximum atomic E-state index is 13.0. The van der Waals surface area contributed by atoms with Crippen LogP contribution in [0.3, 0.4) is 0 Å². The van der Waals surface area contributed by atoms with Crippen LogP contribution in [0.2, 0.25) is 0 Å². The van der Waals surface area contributed by atoms with Gasteiger partial charge in [-0.1, -0.05) is 61.9 Å². The van der Waals surface area contributed by atoms with Gasteiger partial charge in [-0.05, 0) is 48.4 Å². The summed E-state index contributed by atoms with van der Waals surface area (Å²) in [6.07, 6.45) is 0.923. The number of carbonyl (C=O) groups excluding carboxylic acids is 2. The molecule has 0 spiro atoms. The minimum absolute atomic E-state index is 0.100. The Balaban J connectivity index is 1.66. The summed E-state index contributed by atoms with van der Waals surface area (Å²) in [5.41, 5.74) is 3.12. The Kier molecular flexibility index (Phi) is 8.87. The van der Waals surface area contributed by atoms with Gasteiger partial charge in [0.05, 0.1) is 0 Å². The van der Waals surface area contributed by atoms with Crippen LogP contribution in [-0.2, 0) is 19.1 Å². The number of fused-ring (bicyclic) bond motifs is 3. The summed E-state index contributed by atoms with van der Waals surface area (Å²) in [6.45, 7) is 3.99. The zero-order valence-electron chi connectivity index (χ0n) is 20.5. The van der Waals surface area contributed by atoms with E-state index in [2.05, 4.69) is 22.8 Å². The van der Waals surface area contributed by atoms with Crippen LogP contribution in [-0.4, -0.2) is 55.0 Å².